The number of benzene rings is 2. The van der Waals surface area contributed by atoms with Crippen LogP contribution in [0.3, 0.4) is 0 Å². The molecule has 0 aliphatic rings. The summed E-state index contributed by atoms with van der Waals surface area (Å²) in [5, 5.41) is 0.656. The number of aryl methyl sites for hydroxylation is 2. The van der Waals surface area contributed by atoms with Crippen LogP contribution in [0.2, 0.25) is 0 Å². The van der Waals surface area contributed by atoms with Gasteiger partial charge in [-0.1, -0.05) is 37.3 Å². The molecule has 0 spiro atoms. The Morgan fingerprint density at radius 3 is 2.48 bits per heavy atom. The van der Waals surface area contributed by atoms with Gasteiger partial charge in [0.15, 0.2) is 0 Å². The molecule has 0 fully saturated rings. The van der Waals surface area contributed by atoms with Gasteiger partial charge in [0.2, 0.25) is 0 Å². The van der Waals surface area contributed by atoms with Crippen LogP contribution in [0.4, 0.5) is 0 Å². The first-order valence-corrected chi connectivity index (χ1v) is 6.79. The Labute approximate surface area is 129 Å². The minimum absolute atomic E-state index is 0. The molecule has 2 aromatic carbocycles. The molecule has 0 unspecified atom stereocenters. The maximum Gasteiger partial charge on any atom is 0.265 e. The fourth-order valence-electron chi connectivity index (χ4n) is 2.56. The molecule has 0 amide bonds. The molecule has 0 aliphatic heterocycles. The minimum atomic E-state index is -0.00556. The van der Waals surface area contributed by atoms with Gasteiger partial charge >= 0.3 is 0 Å². The van der Waals surface area contributed by atoms with Gasteiger partial charge in [-0.3, -0.25) is 9.36 Å². The highest BCUT2D eigenvalue weighted by Gasteiger charge is 2.11. The predicted octanol–water partition coefficient (Wildman–Crippen LogP) is 3.68. The fraction of sp³-hybridized carbons (Fsp3) is 0.176. The van der Waals surface area contributed by atoms with Gasteiger partial charge in [0.05, 0.1) is 16.6 Å². The third kappa shape index (κ3) is 2.57. The van der Waals surface area contributed by atoms with E-state index >= 15 is 0 Å². The van der Waals surface area contributed by atoms with Crippen LogP contribution in [-0.4, -0.2) is 9.55 Å². The standard InChI is InChI=1S/C17H16N2O.ClH/c1-3-13-8-4-7-11-16(13)19-12(2)18-15-10-6-5-9-14(15)17(19)20;/h4-11H,3H2,1-2H3;1H. The monoisotopic (exact) mass is 300 g/mol. The molecular formula is C17H17ClN2O. The summed E-state index contributed by atoms with van der Waals surface area (Å²) >= 11 is 0. The van der Waals surface area contributed by atoms with Crippen LogP contribution >= 0.6 is 12.4 Å². The second kappa shape index (κ2) is 6.10. The third-order valence-electron chi connectivity index (χ3n) is 3.56. The van der Waals surface area contributed by atoms with E-state index in [-0.39, 0.29) is 18.0 Å². The van der Waals surface area contributed by atoms with E-state index in [1.54, 1.807) is 4.57 Å². The van der Waals surface area contributed by atoms with Crippen molar-refractivity contribution >= 4 is 23.3 Å². The van der Waals surface area contributed by atoms with Crippen LogP contribution in [0.5, 0.6) is 0 Å². The van der Waals surface area contributed by atoms with Crippen molar-refractivity contribution < 1.29 is 0 Å². The number of rotatable bonds is 2. The zero-order valence-corrected chi connectivity index (χ0v) is 12.9. The average Bonchev–Trinajstić information content (AvgIpc) is 2.48. The first kappa shape index (κ1) is 15.3. The summed E-state index contributed by atoms with van der Waals surface area (Å²) in [6.45, 7) is 3.97. The second-order valence-corrected chi connectivity index (χ2v) is 4.80. The van der Waals surface area contributed by atoms with Crippen molar-refractivity contribution in [1.29, 1.82) is 0 Å². The molecule has 108 valence electrons. The van der Waals surface area contributed by atoms with Crippen LogP contribution in [-0.2, 0) is 6.42 Å². The van der Waals surface area contributed by atoms with Gasteiger partial charge in [0, 0.05) is 0 Å². The predicted molar refractivity (Wildman–Crippen MR) is 88.7 cm³/mol. The van der Waals surface area contributed by atoms with Crippen molar-refractivity contribution in [3.63, 3.8) is 0 Å². The van der Waals surface area contributed by atoms with Crippen LogP contribution in [0.25, 0.3) is 16.6 Å². The molecule has 1 aromatic heterocycles. The minimum Gasteiger partial charge on any atom is -0.268 e. The number of hydrogen-bond acceptors (Lipinski definition) is 2. The Morgan fingerprint density at radius 1 is 1.05 bits per heavy atom. The smallest absolute Gasteiger partial charge is 0.265 e. The number of halogens is 1. The molecular weight excluding hydrogens is 284 g/mol. The first-order chi connectivity index (χ1) is 9.72. The molecule has 3 rings (SSSR count). The number of hydrogen-bond donors (Lipinski definition) is 0. The van der Waals surface area contributed by atoms with Crippen molar-refractivity contribution in [2.75, 3.05) is 0 Å². The van der Waals surface area contributed by atoms with Gasteiger partial charge in [-0.2, -0.15) is 0 Å². The summed E-state index contributed by atoms with van der Waals surface area (Å²) in [4.78, 5) is 17.3. The van der Waals surface area contributed by atoms with E-state index in [2.05, 4.69) is 18.0 Å². The number of para-hydroxylation sites is 2. The van der Waals surface area contributed by atoms with E-state index in [4.69, 9.17) is 0 Å². The Kier molecular flexibility index (Phi) is 4.43. The molecule has 0 N–H and O–H groups in total. The van der Waals surface area contributed by atoms with Crippen molar-refractivity contribution in [3.05, 3.63) is 70.3 Å². The van der Waals surface area contributed by atoms with Crippen LogP contribution in [0.1, 0.15) is 18.3 Å². The van der Waals surface area contributed by atoms with E-state index < -0.39 is 0 Å². The molecule has 3 aromatic rings. The van der Waals surface area contributed by atoms with Gasteiger partial charge in [-0.25, -0.2) is 4.98 Å². The van der Waals surface area contributed by atoms with E-state index in [0.29, 0.717) is 5.39 Å². The van der Waals surface area contributed by atoms with Gasteiger partial charge in [0.1, 0.15) is 5.82 Å². The number of nitrogens with zero attached hydrogens (tertiary/aromatic N) is 2. The van der Waals surface area contributed by atoms with Gasteiger partial charge in [-0.05, 0) is 37.1 Å². The largest absolute Gasteiger partial charge is 0.268 e. The van der Waals surface area contributed by atoms with Crippen molar-refractivity contribution in [1.82, 2.24) is 9.55 Å². The molecule has 0 radical (unpaired) electrons. The van der Waals surface area contributed by atoms with Gasteiger partial charge in [0.25, 0.3) is 5.56 Å². The summed E-state index contributed by atoms with van der Waals surface area (Å²) in [7, 11) is 0. The topological polar surface area (TPSA) is 34.9 Å². The van der Waals surface area contributed by atoms with Gasteiger partial charge in [-0.15, -0.1) is 12.4 Å². The molecule has 4 heteroatoms. The lowest BCUT2D eigenvalue weighted by atomic mass is 10.1. The molecule has 21 heavy (non-hydrogen) atoms. The highest BCUT2D eigenvalue weighted by Crippen LogP contribution is 2.16. The average molecular weight is 301 g/mol. The molecule has 1 heterocycles. The summed E-state index contributed by atoms with van der Waals surface area (Å²) in [6.07, 6.45) is 0.884. The van der Waals surface area contributed by atoms with Crippen LogP contribution in [0, 0.1) is 6.92 Å². The van der Waals surface area contributed by atoms with Crippen molar-refractivity contribution in [2.45, 2.75) is 20.3 Å². The van der Waals surface area contributed by atoms with Crippen molar-refractivity contribution in [3.8, 4) is 5.69 Å². The lowest BCUT2D eigenvalue weighted by Crippen LogP contribution is -2.23. The zero-order valence-electron chi connectivity index (χ0n) is 12.0. The summed E-state index contributed by atoms with van der Waals surface area (Å²) in [5.41, 5.74) is 2.82. The van der Waals surface area contributed by atoms with Crippen molar-refractivity contribution in [2.24, 2.45) is 0 Å². The molecule has 0 bridgehead atoms. The Morgan fingerprint density at radius 2 is 1.71 bits per heavy atom. The first-order valence-electron chi connectivity index (χ1n) is 6.79. The lowest BCUT2D eigenvalue weighted by Gasteiger charge is -2.14. The summed E-state index contributed by atoms with van der Waals surface area (Å²) < 4.78 is 1.71. The maximum absolute atomic E-state index is 12.7. The lowest BCUT2D eigenvalue weighted by molar-refractivity contribution is 0.878. The quantitative estimate of drug-likeness (QED) is 0.723. The van der Waals surface area contributed by atoms with Crippen LogP contribution in [0.15, 0.2) is 53.3 Å². The van der Waals surface area contributed by atoms with Crippen LogP contribution < -0.4 is 5.56 Å². The third-order valence-corrected chi connectivity index (χ3v) is 3.56. The Hall–Kier alpha value is -2.13. The van der Waals surface area contributed by atoms with E-state index in [1.165, 1.54) is 0 Å². The Balaban J connectivity index is 0.00000161. The molecule has 0 aliphatic carbocycles. The highest BCUT2D eigenvalue weighted by molar-refractivity contribution is 5.85. The van der Waals surface area contributed by atoms with E-state index in [0.717, 1.165) is 29.0 Å². The van der Waals surface area contributed by atoms with Gasteiger partial charge < -0.3 is 0 Å². The maximum atomic E-state index is 12.7. The summed E-state index contributed by atoms with van der Waals surface area (Å²) in [6, 6.07) is 15.5. The normalized spacial score (nSPS) is 10.4. The highest BCUT2D eigenvalue weighted by atomic mass is 35.5. The molecule has 3 nitrogen and oxygen atoms in total. The zero-order chi connectivity index (χ0) is 14.1. The molecule has 0 saturated heterocycles. The molecule has 0 atom stereocenters. The van der Waals surface area contributed by atoms with E-state index in [9.17, 15) is 4.79 Å². The number of fused-ring (bicyclic) bond motifs is 1. The molecule has 0 saturated carbocycles. The fourth-order valence-corrected chi connectivity index (χ4v) is 2.56. The second-order valence-electron chi connectivity index (χ2n) is 4.80. The summed E-state index contributed by atoms with van der Waals surface area (Å²) in [5.74, 6) is 0.717. The SMILES string of the molecule is CCc1ccccc1-n1c(C)nc2ccccc2c1=O.Cl. The van der Waals surface area contributed by atoms with E-state index in [1.807, 2.05) is 49.4 Å². The number of aromatic nitrogens is 2. The Bertz CT molecular complexity index is 840.